The number of nitrogens with zero attached hydrogens (tertiary/aromatic N) is 1. The van der Waals surface area contributed by atoms with Crippen molar-refractivity contribution in [2.45, 2.75) is 19.4 Å². The van der Waals surface area contributed by atoms with E-state index in [1.165, 1.54) is 18.2 Å². The van der Waals surface area contributed by atoms with E-state index in [0.717, 1.165) is 0 Å². The van der Waals surface area contributed by atoms with Gasteiger partial charge in [-0.1, -0.05) is 18.5 Å². The van der Waals surface area contributed by atoms with E-state index in [1.54, 1.807) is 6.92 Å². The number of hydrogen-bond acceptors (Lipinski definition) is 4. The number of nitro groups is 1. The van der Waals surface area contributed by atoms with Crippen LogP contribution in [0.15, 0.2) is 18.2 Å². The molecule has 0 aromatic heterocycles. The van der Waals surface area contributed by atoms with Gasteiger partial charge < -0.3 is 11.1 Å². The Morgan fingerprint density at radius 1 is 1.65 bits per heavy atom. The summed E-state index contributed by atoms with van der Waals surface area (Å²) in [4.78, 5) is 21.7. The van der Waals surface area contributed by atoms with Crippen molar-refractivity contribution in [1.29, 1.82) is 0 Å². The number of carbonyl (C=O) groups excluding carboxylic acids is 1. The predicted molar refractivity (Wildman–Crippen MR) is 65.0 cm³/mol. The van der Waals surface area contributed by atoms with Crippen molar-refractivity contribution >= 4 is 28.9 Å². The third-order valence-electron chi connectivity index (χ3n) is 2.19. The van der Waals surface area contributed by atoms with Gasteiger partial charge in [-0.05, 0) is 18.6 Å². The summed E-state index contributed by atoms with van der Waals surface area (Å²) in [5, 5.41) is 13.4. The van der Waals surface area contributed by atoms with E-state index in [-0.39, 0.29) is 11.4 Å². The number of nitro benzene ring substituents is 1. The van der Waals surface area contributed by atoms with E-state index < -0.39 is 16.9 Å². The number of benzene rings is 1. The molecule has 1 amide bonds. The number of halogens is 1. The summed E-state index contributed by atoms with van der Waals surface area (Å²) in [7, 11) is 0. The van der Waals surface area contributed by atoms with Crippen molar-refractivity contribution < 1.29 is 9.72 Å². The second-order valence-electron chi connectivity index (χ2n) is 3.42. The predicted octanol–water partition coefficient (Wildman–Crippen LogP) is 1.92. The van der Waals surface area contributed by atoms with Crippen molar-refractivity contribution in [3.8, 4) is 0 Å². The van der Waals surface area contributed by atoms with Crippen LogP contribution in [0, 0.1) is 10.1 Å². The van der Waals surface area contributed by atoms with E-state index in [2.05, 4.69) is 5.32 Å². The lowest BCUT2D eigenvalue weighted by molar-refractivity contribution is -0.383. The molecule has 0 spiro atoms. The Morgan fingerprint density at radius 3 is 2.82 bits per heavy atom. The first-order valence-electron chi connectivity index (χ1n) is 4.96. The largest absolute Gasteiger partial charge is 0.320 e. The number of amides is 1. The maximum Gasteiger partial charge on any atom is 0.292 e. The summed E-state index contributed by atoms with van der Waals surface area (Å²) in [5.41, 5.74) is 5.35. The Hall–Kier alpha value is -1.66. The lowest BCUT2D eigenvalue weighted by atomic mass is 10.2. The molecule has 1 atom stereocenters. The summed E-state index contributed by atoms with van der Waals surface area (Å²) < 4.78 is 0. The van der Waals surface area contributed by atoms with E-state index in [4.69, 9.17) is 17.3 Å². The van der Waals surface area contributed by atoms with E-state index >= 15 is 0 Å². The third-order valence-corrected chi connectivity index (χ3v) is 2.42. The number of nitrogens with two attached hydrogens (primary N) is 1. The molecule has 0 saturated carbocycles. The molecule has 1 aromatic rings. The van der Waals surface area contributed by atoms with Crippen LogP contribution in [0.4, 0.5) is 11.4 Å². The zero-order valence-electron chi connectivity index (χ0n) is 9.14. The molecule has 0 unspecified atom stereocenters. The Kier molecular flexibility index (Phi) is 4.42. The van der Waals surface area contributed by atoms with E-state index in [9.17, 15) is 14.9 Å². The molecule has 1 aromatic carbocycles. The number of hydrogen-bond donors (Lipinski definition) is 2. The van der Waals surface area contributed by atoms with Crippen molar-refractivity contribution in [3.05, 3.63) is 33.3 Å². The van der Waals surface area contributed by atoms with Crippen molar-refractivity contribution in [1.82, 2.24) is 0 Å². The van der Waals surface area contributed by atoms with Gasteiger partial charge in [-0.25, -0.2) is 0 Å². The first-order valence-corrected chi connectivity index (χ1v) is 5.34. The highest BCUT2D eigenvalue weighted by molar-refractivity contribution is 6.31. The average molecular weight is 258 g/mol. The maximum atomic E-state index is 11.5. The van der Waals surface area contributed by atoms with E-state index in [0.29, 0.717) is 11.4 Å². The zero-order valence-corrected chi connectivity index (χ0v) is 9.90. The number of rotatable bonds is 4. The minimum absolute atomic E-state index is 0.0522. The first-order chi connectivity index (χ1) is 7.95. The van der Waals surface area contributed by atoms with Crippen LogP contribution in [0.25, 0.3) is 0 Å². The molecule has 3 N–H and O–H groups in total. The molecule has 6 nitrogen and oxygen atoms in total. The molecule has 0 aliphatic rings. The minimum Gasteiger partial charge on any atom is -0.320 e. The summed E-state index contributed by atoms with van der Waals surface area (Å²) in [6.07, 6.45) is 0.445. The molecule has 92 valence electrons. The minimum atomic E-state index is -0.700. The lowest BCUT2D eigenvalue weighted by Crippen LogP contribution is -2.34. The van der Waals surface area contributed by atoms with Crippen LogP contribution in [0.5, 0.6) is 0 Å². The number of carbonyl (C=O) groups is 1. The quantitative estimate of drug-likeness (QED) is 0.636. The van der Waals surface area contributed by atoms with Gasteiger partial charge in [0, 0.05) is 11.1 Å². The molecule has 0 bridgehead atoms. The van der Waals surface area contributed by atoms with Crippen molar-refractivity contribution in [2.24, 2.45) is 5.73 Å². The Bertz CT molecular complexity index is 450. The van der Waals surface area contributed by atoms with Crippen molar-refractivity contribution in [2.75, 3.05) is 5.32 Å². The van der Waals surface area contributed by atoms with Crippen LogP contribution in [-0.2, 0) is 4.79 Å². The Labute approximate surface area is 103 Å². The Balaban J connectivity index is 3.00. The van der Waals surface area contributed by atoms with Gasteiger partial charge in [-0.3, -0.25) is 14.9 Å². The molecule has 7 heteroatoms. The van der Waals surface area contributed by atoms with Gasteiger partial charge >= 0.3 is 0 Å². The second kappa shape index (κ2) is 5.60. The molecule has 0 heterocycles. The van der Waals surface area contributed by atoms with Gasteiger partial charge in [0.1, 0.15) is 5.69 Å². The molecular formula is C10H12ClN3O3. The molecule has 17 heavy (non-hydrogen) atoms. The highest BCUT2D eigenvalue weighted by Gasteiger charge is 2.18. The van der Waals surface area contributed by atoms with Crippen LogP contribution < -0.4 is 11.1 Å². The van der Waals surface area contributed by atoms with Crippen LogP contribution in [0.1, 0.15) is 13.3 Å². The summed E-state index contributed by atoms with van der Waals surface area (Å²) in [5.74, 6) is -0.474. The van der Waals surface area contributed by atoms with Crippen LogP contribution in [0.3, 0.4) is 0 Å². The lowest BCUT2D eigenvalue weighted by Gasteiger charge is -2.10. The highest BCUT2D eigenvalue weighted by atomic mass is 35.5. The zero-order chi connectivity index (χ0) is 13.0. The number of anilines is 1. The monoisotopic (exact) mass is 257 g/mol. The fraction of sp³-hybridized carbons (Fsp3) is 0.300. The summed E-state index contributed by atoms with van der Waals surface area (Å²) >= 11 is 5.71. The topological polar surface area (TPSA) is 98.3 Å². The molecule has 0 aliphatic heterocycles. The van der Waals surface area contributed by atoms with Crippen molar-refractivity contribution in [3.63, 3.8) is 0 Å². The molecule has 0 fully saturated rings. The average Bonchev–Trinajstić information content (AvgIpc) is 2.27. The highest BCUT2D eigenvalue weighted by Crippen LogP contribution is 2.27. The smallest absolute Gasteiger partial charge is 0.292 e. The molecular weight excluding hydrogens is 246 g/mol. The SMILES string of the molecule is CC[C@H](N)C(=O)Nc1cc(Cl)ccc1[N+](=O)[O-]. The normalized spacial score (nSPS) is 11.9. The van der Waals surface area contributed by atoms with Crippen LogP contribution in [0.2, 0.25) is 5.02 Å². The summed E-state index contributed by atoms with van der Waals surface area (Å²) in [6.45, 7) is 1.75. The Morgan fingerprint density at radius 2 is 2.29 bits per heavy atom. The molecule has 1 rings (SSSR count). The molecule has 0 radical (unpaired) electrons. The second-order valence-corrected chi connectivity index (χ2v) is 3.86. The number of nitrogens with one attached hydrogen (secondary N) is 1. The third kappa shape index (κ3) is 3.40. The van der Waals surface area contributed by atoms with Gasteiger partial charge in [0.25, 0.3) is 5.69 Å². The fourth-order valence-corrected chi connectivity index (χ4v) is 1.35. The van der Waals surface area contributed by atoms with Gasteiger partial charge in [0.2, 0.25) is 5.91 Å². The van der Waals surface area contributed by atoms with Gasteiger partial charge in [-0.15, -0.1) is 0 Å². The van der Waals surface area contributed by atoms with Crippen LogP contribution in [-0.4, -0.2) is 16.9 Å². The van der Waals surface area contributed by atoms with Crippen LogP contribution >= 0.6 is 11.6 Å². The van der Waals surface area contributed by atoms with E-state index in [1.807, 2.05) is 0 Å². The first kappa shape index (κ1) is 13.4. The van der Waals surface area contributed by atoms with Gasteiger partial charge in [-0.2, -0.15) is 0 Å². The maximum absolute atomic E-state index is 11.5. The van der Waals surface area contributed by atoms with Gasteiger partial charge in [0.15, 0.2) is 0 Å². The van der Waals surface area contributed by atoms with Gasteiger partial charge in [0.05, 0.1) is 11.0 Å². The summed E-state index contributed by atoms with van der Waals surface area (Å²) in [6, 6.07) is 3.23. The molecule has 0 aliphatic carbocycles. The fourth-order valence-electron chi connectivity index (χ4n) is 1.18. The molecule has 0 saturated heterocycles. The standard InChI is InChI=1S/C10H12ClN3O3/c1-2-7(12)10(15)13-8-5-6(11)3-4-9(8)14(16)17/h3-5,7H,2,12H2,1H3,(H,13,15)/t7-/m0/s1.